The van der Waals surface area contributed by atoms with Crippen LogP contribution in [0.3, 0.4) is 0 Å². The highest BCUT2D eigenvalue weighted by molar-refractivity contribution is 5.82. The summed E-state index contributed by atoms with van der Waals surface area (Å²) in [6.45, 7) is -0.0417. The molecule has 3 nitrogen and oxygen atoms in total. The largest absolute Gasteiger partial charge is 0.394 e. The van der Waals surface area contributed by atoms with Crippen molar-refractivity contribution >= 4 is 5.91 Å². The van der Waals surface area contributed by atoms with E-state index in [2.05, 4.69) is 36.4 Å². The molecule has 1 amide bonds. The zero-order chi connectivity index (χ0) is 18.7. The maximum atomic E-state index is 13.1. The third kappa shape index (κ3) is 2.84. The van der Waals surface area contributed by atoms with Crippen molar-refractivity contribution in [1.82, 2.24) is 4.90 Å². The summed E-state index contributed by atoms with van der Waals surface area (Å²) in [6, 6.07) is 30.2. The molecule has 0 unspecified atom stereocenters. The zero-order valence-electron chi connectivity index (χ0n) is 15.2. The molecule has 27 heavy (non-hydrogen) atoms. The number of nitrogens with zero attached hydrogens (tertiary/aromatic N) is 1. The normalized spacial score (nSPS) is 17.3. The number of carbonyl (C=O) groups excluding carboxylic acids is 1. The van der Waals surface area contributed by atoms with Gasteiger partial charge in [0.15, 0.2) is 0 Å². The maximum Gasteiger partial charge on any atom is 0.224 e. The van der Waals surface area contributed by atoms with Crippen molar-refractivity contribution in [2.45, 2.75) is 24.4 Å². The molecular weight excluding hydrogens is 334 g/mol. The van der Waals surface area contributed by atoms with E-state index in [9.17, 15) is 9.90 Å². The van der Waals surface area contributed by atoms with Gasteiger partial charge in [-0.2, -0.15) is 0 Å². The van der Waals surface area contributed by atoms with Gasteiger partial charge in [0, 0.05) is 6.42 Å². The Hall–Kier alpha value is -2.91. The van der Waals surface area contributed by atoms with E-state index in [1.807, 2.05) is 59.5 Å². The monoisotopic (exact) mass is 357 g/mol. The predicted octanol–water partition coefficient (Wildman–Crippen LogP) is 3.96. The van der Waals surface area contributed by atoms with E-state index in [0.29, 0.717) is 12.8 Å². The van der Waals surface area contributed by atoms with Crippen molar-refractivity contribution in [3.63, 3.8) is 0 Å². The van der Waals surface area contributed by atoms with Crippen LogP contribution in [0.15, 0.2) is 91.0 Å². The third-order valence-electron chi connectivity index (χ3n) is 5.47. The van der Waals surface area contributed by atoms with Crippen LogP contribution in [0, 0.1) is 0 Å². The number of carbonyl (C=O) groups is 1. The second-order valence-electron chi connectivity index (χ2n) is 6.95. The van der Waals surface area contributed by atoms with Crippen LogP contribution in [-0.2, 0) is 10.3 Å². The van der Waals surface area contributed by atoms with Crippen LogP contribution >= 0.6 is 0 Å². The number of rotatable bonds is 5. The fraction of sp³-hybridized carbons (Fsp3) is 0.208. The lowest BCUT2D eigenvalue weighted by atomic mass is 9.75. The quantitative estimate of drug-likeness (QED) is 0.702. The van der Waals surface area contributed by atoms with E-state index in [-0.39, 0.29) is 18.6 Å². The lowest BCUT2D eigenvalue weighted by Crippen LogP contribution is -2.53. The summed E-state index contributed by atoms with van der Waals surface area (Å²) >= 11 is 0. The molecule has 1 saturated heterocycles. The fourth-order valence-corrected chi connectivity index (χ4v) is 4.33. The fourth-order valence-electron chi connectivity index (χ4n) is 4.33. The number of aliphatic hydroxyl groups excluding tert-OH is 1. The number of benzene rings is 3. The smallest absolute Gasteiger partial charge is 0.224 e. The van der Waals surface area contributed by atoms with Gasteiger partial charge < -0.3 is 10.0 Å². The van der Waals surface area contributed by atoms with Crippen LogP contribution in [0.5, 0.6) is 0 Å². The Morgan fingerprint density at radius 1 is 0.778 bits per heavy atom. The van der Waals surface area contributed by atoms with Gasteiger partial charge in [-0.15, -0.1) is 0 Å². The average molecular weight is 357 g/mol. The van der Waals surface area contributed by atoms with Crippen molar-refractivity contribution in [2.75, 3.05) is 6.61 Å². The molecule has 3 aromatic carbocycles. The van der Waals surface area contributed by atoms with Crippen molar-refractivity contribution in [3.8, 4) is 0 Å². The molecule has 1 aliphatic heterocycles. The van der Waals surface area contributed by atoms with Gasteiger partial charge >= 0.3 is 0 Å². The SMILES string of the molecule is O=C1CC[C@@H](CO)N1C(c1ccccc1)(c1ccccc1)c1ccccc1. The molecule has 0 aromatic heterocycles. The maximum absolute atomic E-state index is 13.1. The van der Waals surface area contributed by atoms with E-state index >= 15 is 0 Å². The van der Waals surface area contributed by atoms with Crippen molar-refractivity contribution in [2.24, 2.45) is 0 Å². The molecule has 1 heterocycles. The molecule has 0 aliphatic carbocycles. The summed E-state index contributed by atoms with van der Waals surface area (Å²) < 4.78 is 0. The first-order valence-electron chi connectivity index (χ1n) is 9.38. The van der Waals surface area contributed by atoms with Crippen molar-refractivity contribution < 1.29 is 9.90 Å². The van der Waals surface area contributed by atoms with E-state index in [1.54, 1.807) is 0 Å². The molecule has 0 radical (unpaired) electrons. The molecule has 136 valence electrons. The second-order valence-corrected chi connectivity index (χ2v) is 6.95. The number of hydrogen-bond acceptors (Lipinski definition) is 2. The van der Waals surface area contributed by atoms with Crippen LogP contribution in [0.4, 0.5) is 0 Å². The van der Waals surface area contributed by atoms with Crippen LogP contribution in [0.2, 0.25) is 0 Å². The Kier molecular flexibility index (Phi) is 4.78. The molecule has 3 aromatic rings. The number of amides is 1. The Bertz CT molecular complexity index is 797. The summed E-state index contributed by atoms with van der Waals surface area (Å²) in [5.74, 6) is 0.0746. The molecule has 1 atom stereocenters. The zero-order valence-corrected chi connectivity index (χ0v) is 15.2. The van der Waals surface area contributed by atoms with Gasteiger partial charge in [0.2, 0.25) is 5.91 Å². The molecule has 1 aliphatic rings. The molecule has 1 N–H and O–H groups in total. The summed E-state index contributed by atoms with van der Waals surface area (Å²) in [5.41, 5.74) is 2.30. The molecule has 0 spiro atoms. The lowest BCUT2D eigenvalue weighted by Gasteiger charge is -2.46. The summed E-state index contributed by atoms with van der Waals surface area (Å²) in [4.78, 5) is 15.0. The lowest BCUT2D eigenvalue weighted by molar-refractivity contribution is -0.133. The average Bonchev–Trinajstić information content (AvgIpc) is 3.12. The molecule has 0 saturated carbocycles. The van der Waals surface area contributed by atoms with Gasteiger partial charge in [-0.05, 0) is 23.1 Å². The van der Waals surface area contributed by atoms with Gasteiger partial charge in [-0.25, -0.2) is 0 Å². The standard InChI is InChI=1S/C24H23NO2/c26-18-22-16-17-23(27)25(22)24(19-10-4-1-5-11-19,20-12-6-2-7-13-20)21-14-8-3-9-15-21/h1-15,22,26H,16-18H2/t22-/m0/s1. The van der Waals surface area contributed by atoms with Gasteiger partial charge in [0.1, 0.15) is 5.54 Å². The molecule has 0 bridgehead atoms. The summed E-state index contributed by atoms with van der Waals surface area (Å²) in [7, 11) is 0. The number of aliphatic hydroxyl groups is 1. The molecule has 3 heteroatoms. The van der Waals surface area contributed by atoms with Crippen LogP contribution in [-0.4, -0.2) is 28.6 Å². The van der Waals surface area contributed by atoms with E-state index in [0.717, 1.165) is 16.7 Å². The highest BCUT2D eigenvalue weighted by Gasteiger charge is 2.49. The minimum Gasteiger partial charge on any atom is -0.394 e. The first-order chi connectivity index (χ1) is 13.3. The topological polar surface area (TPSA) is 40.5 Å². The number of likely N-dealkylation sites (tertiary alicyclic amines) is 1. The minimum atomic E-state index is -0.773. The molecular formula is C24H23NO2. The Morgan fingerprint density at radius 3 is 1.56 bits per heavy atom. The first kappa shape index (κ1) is 17.5. The van der Waals surface area contributed by atoms with Crippen molar-refractivity contribution in [3.05, 3.63) is 108 Å². The van der Waals surface area contributed by atoms with Gasteiger partial charge in [0.25, 0.3) is 0 Å². The summed E-state index contributed by atoms with van der Waals surface area (Å²) in [6.07, 6.45) is 1.13. The predicted molar refractivity (Wildman–Crippen MR) is 106 cm³/mol. The van der Waals surface area contributed by atoms with Gasteiger partial charge in [-0.3, -0.25) is 4.79 Å². The van der Waals surface area contributed by atoms with E-state index in [4.69, 9.17) is 0 Å². The first-order valence-corrected chi connectivity index (χ1v) is 9.38. The Labute approximate surface area is 159 Å². The van der Waals surface area contributed by atoms with Gasteiger partial charge in [-0.1, -0.05) is 91.0 Å². The third-order valence-corrected chi connectivity index (χ3v) is 5.47. The molecule has 4 rings (SSSR count). The van der Waals surface area contributed by atoms with E-state index < -0.39 is 5.54 Å². The van der Waals surface area contributed by atoms with Crippen LogP contribution in [0.25, 0.3) is 0 Å². The van der Waals surface area contributed by atoms with Crippen molar-refractivity contribution in [1.29, 1.82) is 0 Å². The van der Waals surface area contributed by atoms with E-state index in [1.165, 1.54) is 0 Å². The Morgan fingerprint density at radius 2 is 1.19 bits per heavy atom. The second kappa shape index (κ2) is 7.37. The highest BCUT2D eigenvalue weighted by Crippen LogP contribution is 2.46. The van der Waals surface area contributed by atoms with Gasteiger partial charge in [0.05, 0.1) is 12.6 Å². The minimum absolute atomic E-state index is 0.0417. The number of hydrogen-bond donors (Lipinski definition) is 1. The van der Waals surface area contributed by atoms with Crippen LogP contribution < -0.4 is 0 Å². The summed E-state index contributed by atoms with van der Waals surface area (Å²) in [5, 5.41) is 10.1. The molecule has 1 fully saturated rings. The van der Waals surface area contributed by atoms with Crippen LogP contribution in [0.1, 0.15) is 29.5 Å². The Balaban J connectivity index is 2.08. The highest BCUT2D eigenvalue weighted by atomic mass is 16.3.